The van der Waals surface area contributed by atoms with Gasteiger partial charge in [0.2, 0.25) is 5.82 Å². The van der Waals surface area contributed by atoms with Crippen LogP contribution >= 0.6 is 11.6 Å². The van der Waals surface area contributed by atoms with Crippen molar-refractivity contribution in [3.63, 3.8) is 0 Å². The second-order valence-electron chi connectivity index (χ2n) is 4.03. The molecule has 8 nitrogen and oxygen atoms in total. The van der Waals surface area contributed by atoms with E-state index in [0.717, 1.165) is 0 Å². The standard InChI is InChI=1S/C12H9ClN6O2/c13-8-3-10-11(21-2-1-20-10)4-9(8)15-6-7(5-14)12-16-18-19-17-12/h3-4,6,15H,1-2H2,(H,16,17,18,19). The molecule has 2 N–H and O–H groups in total. The first-order valence-corrected chi connectivity index (χ1v) is 6.35. The van der Waals surface area contributed by atoms with Gasteiger partial charge in [-0.3, -0.25) is 0 Å². The summed E-state index contributed by atoms with van der Waals surface area (Å²) in [6, 6.07) is 5.34. The Kier molecular flexibility index (Phi) is 3.57. The molecule has 0 fully saturated rings. The van der Waals surface area contributed by atoms with E-state index in [9.17, 15) is 0 Å². The molecule has 1 aromatic carbocycles. The average Bonchev–Trinajstić information content (AvgIpc) is 3.02. The number of tetrazole rings is 1. The van der Waals surface area contributed by atoms with Gasteiger partial charge in [-0.1, -0.05) is 11.6 Å². The normalized spacial score (nSPS) is 13.6. The Morgan fingerprint density at radius 3 is 2.81 bits per heavy atom. The summed E-state index contributed by atoms with van der Waals surface area (Å²) in [5.41, 5.74) is 0.798. The number of nitriles is 1. The third kappa shape index (κ3) is 2.73. The molecule has 1 aromatic heterocycles. The number of fused-ring (bicyclic) bond motifs is 1. The summed E-state index contributed by atoms with van der Waals surface area (Å²) in [4.78, 5) is 0. The van der Waals surface area contributed by atoms with Crippen LogP contribution < -0.4 is 14.8 Å². The first-order chi connectivity index (χ1) is 10.3. The van der Waals surface area contributed by atoms with Gasteiger partial charge < -0.3 is 14.8 Å². The minimum absolute atomic E-state index is 0.193. The van der Waals surface area contributed by atoms with Gasteiger partial charge in [-0.15, -0.1) is 10.2 Å². The fraction of sp³-hybridized carbons (Fsp3) is 0.167. The SMILES string of the molecule is N#CC(=CNc1cc2c(cc1Cl)OCCO2)c1nn[nH]n1. The lowest BCUT2D eigenvalue weighted by Gasteiger charge is -2.19. The lowest BCUT2D eigenvalue weighted by Crippen LogP contribution is -2.15. The van der Waals surface area contributed by atoms with E-state index in [1.165, 1.54) is 6.20 Å². The monoisotopic (exact) mass is 304 g/mol. The van der Waals surface area contributed by atoms with Crippen LogP contribution in [0.25, 0.3) is 5.57 Å². The van der Waals surface area contributed by atoms with Crippen LogP contribution in [0.1, 0.15) is 5.82 Å². The maximum absolute atomic E-state index is 9.08. The largest absolute Gasteiger partial charge is 0.486 e. The molecule has 1 aliphatic heterocycles. The Balaban J connectivity index is 1.86. The van der Waals surface area contributed by atoms with Crippen molar-refractivity contribution in [3.05, 3.63) is 29.2 Å². The Morgan fingerprint density at radius 2 is 2.14 bits per heavy atom. The van der Waals surface area contributed by atoms with E-state index in [1.807, 2.05) is 6.07 Å². The van der Waals surface area contributed by atoms with Crippen molar-refractivity contribution in [2.45, 2.75) is 0 Å². The maximum Gasteiger partial charge on any atom is 0.216 e. The zero-order valence-corrected chi connectivity index (χ0v) is 11.4. The van der Waals surface area contributed by atoms with Gasteiger partial charge in [-0.05, 0) is 5.21 Å². The van der Waals surface area contributed by atoms with E-state index >= 15 is 0 Å². The summed E-state index contributed by atoms with van der Waals surface area (Å²) in [6.07, 6.45) is 1.45. The van der Waals surface area contributed by atoms with E-state index in [2.05, 4.69) is 25.9 Å². The second kappa shape index (κ2) is 5.68. The summed E-state index contributed by atoms with van der Waals surface area (Å²) in [6.45, 7) is 0.975. The van der Waals surface area contributed by atoms with E-state index in [0.29, 0.717) is 35.4 Å². The van der Waals surface area contributed by atoms with Crippen molar-refractivity contribution < 1.29 is 9.47 Å². The number of anilines is 1. The lowest BCUT2D eigenvalue weighted by molar-refractivity contribution is 0.171. The molecule has 0 spiro atoms. The van der Waals surface area contributed by atoms with Gasteiger partial charge >= 0.3 is 0 Å². The number of ether oxygens (including phenoxy) is 2. The maximum atomic E-state index is 9.08. The summed E-state index contributed by atoms with van der Waals surface area (Å²) in [5.74, 6) is 1.39. The Morgan fingerprint density at radius 1 is 1.38 bits per heavy atom. The van der Waals surface area contributed by atoms with Crippen molar-refractivity contribution in [1.29, 1.82) is 5.26 Å². The third-order valence-corrected chi connectivity index (χ3v) is 3.02. The molecular formula is C12H9ClN6O2. The molecule has 106 valence electrons. The fourth-order valence-electron chi connectivity index (χ4n) is 1.75. The third-order valence-electron chi connectivity index (χ3n) is 2.71. The molecule has 9 heteroatoms. The number of aromatic amines is 1. The van der Waals surface area contributed by atoms with E-state index in [4.69, 9.17) is 26.3 Å². The van der Waals surface area contributed by atoms with Crippen molar-refractivity contribution in [1.82, 2.24) is 20.6 Å². The molecule has 0 atom stereocenters. The molecule has 1 aliphatic rings. The van der Waals surface area contributed by atoms with Gasteiger partial charge in [0.05, 0.1) is 10.7 Å². The van der Waals surface area contributed by atoms with Crippen LogP contribution in [0.3, 0.4) is 0 Å². The summed E-state index contributed by atoms with van der Waals surface area (Å²) in [7, 11) is 0. The van der Waals surface area contributed by atoms with Crippen LogP contribution in [-0.2, 0) is 0 Å². The minimum Gasteiger partial charge on any atom is -0.486 e. The van der Waals surface area contributed by atoms with E-state index in [1.54, 1.807) is 12.1 Å². The molecule has 0 saturated heterocycles. The number of halogens is 1. The molecule has 3 rings (SSSR count). The smallest absolute Gasteiger partial charge is 0.216 e. The quantitative estimate of drug-likeness (QED) is 0.829. The minimum atomic E-state index is 0.193. The van der Waals surface area contributed by atoms with Gasteiger partial charge in [-0.25, -0.2) is 0 Å². The van der Waals surface area contributed by atoms with Gasteiger partial charge in [0, 0.05) is 18.3 Å². The molecule has 21 heavy (non-hydrogen) atoms. The molecule has 0 bridgehead atoms. The van der Waals surface area contributed by atoms with E-state index in [-0.39, 0.29) is 11.4 Å². The van der Waals surface area contributed by atoms with Crippen molar-refractivity contribution in [2.24, 2.45) is 0 Å². The number of hydrogen-bond acceptors (Lipinski definition) is 7. The molecule has 0 unspecified atom stereocenters. The molecule has 2 aromatic rings. The first kappa shape index (κ1) is 13.2. The zero-order valence-electron chi connectivity index (χ0n) is 10.6. The van der Waals surface area contributed by atoms with Crippen LogP contribution in [-0.4, -0.2) is 33.8 Å². The van der Waals surface area contributed by atoms with Crippen molar-refractivity contribution in [3.8, 4) is 17.6 Å². The van der Waals surface area contributed by atoms with Crippen LogP contribution in [0.2, 0.25) is 5.02 Å². The van der Waals surface area contributed by atoms with Gasteiger partial charge in [0.25, 0.3) is 0 Å². The number of nitrogens with one attached hydrogen (secondary N) is 2. The van der Waals surface area contributed by atoms with Crippen LogP contribution in [0.15, 0.2) is 18.3 Å². The topological polar surface area (TPSA) is 109 Å². The average molecular weight is 305 g/mol. The number of allylic oxidation sites excluding steroid dienone is 1. The highest BCUT2D eigenvalue weighted by molar-refractivity contribution is 6.33. The van der Waals surface area contributed by atoms with Gasteiger partial charge in [0.1, 0.15) is 24.9 Å². The highest BCUT2D eigenvalue weighted by atomic mass is 35.5. The number of rotatable bonds is 3. The summed E-state index contributed by atoms with van der Waals surface area (Å²) in [5, 5.41) is 25.6. The number of nitrogens with zero attached hydrogens (tertiary/aromatic N) is 4. The molecule has 0 radical (unpaired) electrons. The molecule has 0 aliphatic carbocycles. The predicted molar refractivity (Wildman–Crippen MR) is 73.8 cm³/mol. The highest BCUT2D eigenvalue weighted by Gasteiger charge is 2.15. The van der Waals surface area contributed by atoms with Crippen molar-refractivity contribution in [2.75, 3.05) is 18.5 Å². The zero-order chi connectivity index (χ0) is 14.7. The van der Waals surface area contributed by atoms with Crippen LogP contribution in [0.5, 0.6) is 11.5 Å². The Hall–Kier alpha value is -2.79. The molecule has 0 saturated carbocycles. The highest BCUT2D eigenvalue weighted by Crippen LogP contribution is 2.38. The number of hydrogen-bond donors (Lipinski definition) is 2. The Bertz CT molecular complexity index is 722. The summed E-state index contributed by atoms with van der Waals surface area (Å²) < 4.78 is 10.9. The molecule has 2 heterocycles. The van der Waals surface area contributed by atoms with Gasteiger partial charge in [0.15, 0.2) is 11.5 Å². The Labute approximate surface area is 124 Å². The fourth-order valence-corrected chi connectivity index (χ4v) is 1.96. The van der Waals surface area contributed by atoms with Crippen LogP contribution in [0.4, 0.5) is 5.69 Å². The number of benzene rings is 1. The van der Waals surface area contributed by atoms with E-state index < -0.39 is 0 Å². The predicted octanol–water partition coefficient (Wildman–Crippen LogP) is 1.60. The van der Waals surface area contributed by atoms with Crippen molar-refractivity contribution >= 4 is 22.9 Å². The number of H-pyrrole nitrogens is 1. The van der Waals surface area contributed by atoms with Gasteiger partial charge in [-0.2, -0.15) is 10.5 Å². The first-order valence-electron chi connectivity index (χ1n) is 5.97. The lowest BCUT2D eigenvalue weighted by atomic mass is 10.2. The van der Waals surface area contributed by atoms with Crippen LogP contribution in [0, 0.1) is 11.3 Å². The molecular weight excluding hydrogens is 296 g/mol. The number of aromatic nitrogens is 4. The second-order valence-corrected chi connectivity index (χ2v) is 4.43. The summed E-state index contributed by atoms with van der Waals surface area (Å²) >= 11 is 6.15. The molecule has 0 amide bonds.